The van der Waals surface area contributed by atoms with Crippen molar-refractivity contribution in [1.29, 1.82) is 0 Å². The van der Waals surface area contributed by atoms with Crippen LogP contribution in [-0.2, 0) is 9.47 Å². The summed E-state index contributed by atoms with van der Waals surface area (Å²) in [5.74, 6) is -0.307. The van der Waals surface area contributed by atoms with E-state index in [1.807, 2.05) is 6.92 Å². The fraction of sp³-hybridized carbons (Fsp3) is 1.00. The van der Waals surface area contributed by atoms with Gasteiger partial charge in [0, 0.05) is 26.6 Å². The van der Waals surface area contributed by atoms with Crippen LogP contribution in [0.3, 0.4) is 0 Å². The molecule has 74 valence electrons. The van der Waals surface area contributed by atoms with Crippen LogP contribution in [0.4, 0.5) is 0 Å². The molecule has 0 saturated heterocycles. The topological polar surface area (TPSA) is 18.5 Å². The molecule has 0 aromatic heterocycles. The van der Waals surface area contributed by atoms with Crippen LogP contribution in [0.2, 0.25) is 0 Å². The van der Waals surface area contributed by atoms with Crippen LogP contribution in [0.5, 0.6) is 0 Å². The summed E-state index contributed by atoms with van der Waals surface area (Å²) in [4.78, 5) is 0. The van der Waals surface area contributed by atoms with Gasteiger partial charge in [0.25, 0.3) is 0 Å². The van der Waals surface area contributed by atoms with Crippen LogP contribution in [0.1, 0.15) is 46.5 Å². The second kappa shape index (κ2) is 6.44. The molecule has 0 spiro atoms. The van der Waals surface area contributed by atoms with E-state index in [-0.39, 0.29) is 5.79 Å². The maximum absolute atomic E-state index is 5.64. The molecule has 0 radical (unpaired) electrons. The van der Waals surface area contributed by atoms with Crippen LogP contribution < -0.4 is 0 Å². The van der Waals surface area contributed by atoms with Crippen molar-refractivity contribution in [3.05, 3.63) is 0 Å². The Morgan fingerprint density at radius 2 is 1.50 bits per heavy atom. The predicted molar refractivity (Wildman–Crippen MR) is 51.2 cm³/mol. The Hall–Kier alpha value is -0.0800. The lowest BCUT2D eigenvalue weighted by atomic mass is 10.1. The number of rotatable bonds is 7. The molecule has 2 nitrogen and oxygen atoms in total. The minimum Gasteiger partial charge on any atom is -0.353 e. The van der Waals surface area contributed by atoms with Crippen LogP contribution in [0, 0.1) is 0 Å². The maximum Gasteiger partial charge on any atom is 0.167 e. The minimum absolute atomic E-state index is 0.307. The molecular formula is C10H22O2. The lowest BCUT2D eigenvalue weighted by Gasteiger charge is -2.31. The summed E-state index contributed by atoms with van der Waals surface area (Å²) in [5, 5.41) is 0. The first kappa shape index (κ1) is 11.9. The Bertz CT molecular complexity index is 85.0. The fourth-order valence-corrected chi connectivity index (χ4v) is 1.56. The standard InChI is InChI=1S/C10H22O2/c1-5-8-10(11-4,9-6-2)12-7-3/h5-9H2,1-4H3. The van der Waals surface area contributed by atoms with Gasteiger partial charge in [-0.1, -0.05) is 26.7 Å². The van der Waals surface area contributed by atoms with E-state index in [4.69, 9.17) is 9.47 Å². The minimum atomic E-state index is -0.307. The second-order valence-electron chi connectivity index (χ2n) is 3.05. The molecule has 0 atom stereocenters. The molecule has 0 fully saturated rings. The molecule has 0 aliphatic carbocycles. The highest BCUT2D eigenvalue weighted by Crippen LogP contribution is 2.24. The zero-order valence-corrected chi connectivity index (χ0v) is 8.85. The molecule has 0 aromatic rings. The largest absolute Gasteiger partial charge is 0.353 e. The van der Waals surface area contributed by atoms with Gasteiger partial charge in [-0.2, -0.15) is 0 Å². The molecular weight excluding hydrogens is 152 g/mol. The van der Waals surface area contributed by atoms with Crippen molar-refractivity contribution in [3.8, 4) is 0 Å². The molecule has 0 heterocycles. The third-order valence-electron chi connectivity index (χ3n) is 2.04. The third-order valence-corrected chi connectivity index (χ3v) is 2.04. The van der Waals surface area contributed by atoms with Gasteiger partial charge in [0.1, 0.15) is 0 Å². The van der Waals surface area contributed by atoms with Gasteiger partial charge in [-0.05, 0) is 6.92 Å². The average Bonchev–Trinajstić information content (AvgIpc) is 2.06. The van der Waals surface area contributed by atoms with Crippen LogP contribution >= 0.6 is 0 Å². The summed E-state index contributed by atoms with van der Waals surface area (Å²) in [6.45, 7) is 7.05. The smallest absolute Gasteiger partial charge is 0.167 e. The van der Waals surface area contributed by atoms with Gasteiger partial charge in [0.2, 0.25) is 0 Å². The lowest BCUT2D eigenvalue weighted by Crippen LogP contribution is -2.34. The van der Waals surface area contributed by atoms with Crippen molar-refractivity contribution in [2.75, 3.05) is 13.7 Å². The lowest BCUT2D eigenvalue weighted by molar-refractivity contribution is -0.228. The van der Waals surface area contributed by atoms with Gasteiger partial charge in [0.05, 0.1) is 0 Å². The van der Waals surface area contributed by atoms with Crippen molar-refractivity contribution in [2.45, 2.75) is 52.2 Å². The molecule has 0 saturated carbocycles. The van der Waals surface area contributed by atoms with E-state index in [1.54, 1.807) is 7.11 Å². The van der Waals surface area contributed by atoms with E-state index < -0.39 is 0 Å². The first-order chi connectivity index (χ1) is 5.74. The van der Waals surface area contributed by atoms with E-state index in [1.165, 1.54) is 0 Å². The highest BCUT2D eigenvalue weighted by Gasteiger charge is 2.27. The van der Waals surface area contributed by atoms with Gasteiger partial charge in [-0.3, -0.25) is 0 Å². The molecule has 0 unspecified atom stereocenters. The normalized spacial score (nSPS) is 12.0. The molecule has 12 heavy (non-hydrogen) atoms. The quantitative estimate of drug-likeness (QED) is 0.552. The summed E-state index contributed by atoms with van der Waals surface area (Å²) in [6.07, 6.45) is 4.19. The Balaban J connectivity index is 4.06. The molecule has 0 aliphatic heterocycles. The van der Waals surface area contributed by atoms with Gasteiger partial charge in [-0.25, -0.2) is 0 Å². The number of hydrogen-bond acceptors (Lipinski definition) is 2. The highest BCUT2D eigenvalue weighted by molar-refractivity contribution is 4.67. The number of methoxy groups -OCH3 is 1. The van der Waals surface area contributed by atoms with Crippen molar-refractivity contribution in [2.24, 2.45) is 0 Å². The zero-order chi connectivity index (χ0) is 9.45. The van der Waals surface area contributed by atoms with Crippen molar-refractivity contribution >= 4 is 0 Å². The average molecular weight is 174 g/mol. The van der Waals surface area contributed by atoms with Gasteiger partial charge in [0.15, 0.2) is 5.79 Å². The van der Waals surface area contributed by atoms with E-state index in [2.05, 4.69) is 13.8 Å². The maximum atomic E-state index is 5.64. The number of hydrogen-bond donors (Lipinski definition) is 0. The van der Waals surface area contributed by atoms with E-state index in [0.29, 0.717) is 0 Å². The SMILES string of the molecule is CCCC(CCC)(OC)OCC. The van der Waals surface area contributed by atoms with E-state index in [9.17, 15) is 0 Å². The first-order valence-electron chi connectivity index (χ1n) is 4.93. The number of ether oxygens (including phenoxy) is 2. The van der Waals surface area contributed by atoms with Crippen LogP contribution in [0.15, 0.2) is 0 Å². The molecule has 0 N–H and O–H groups in total. The first-order valence-corrected chi connectivity index (χ1v) is 4.93. The van der Waals surface area contributed by atoms with E-state index >= 15 is 0 Å². The Kier molecular flexibility index (Phi) is 6.39. The molecule has 0 amide bonds. The Morgan fingerprint density at radius 3 is 1.75 bits per heavy atom. The van der Waals surface area contributed by atoms with Crippen LogP contribution in [0.25, 0.3) is 0 Å². The fourth-order valence-electron chi connectivity index (χ4n) is 1.56. The molecule has 0 aromatic carbocycles. The van der Waals surface area contributed by atoms with Crippen molar-refractivity contribution < 1.29 is 9.47 Å². The summed E-state index contributed by atoms with van der Waals surface area (Å²) in [6, 6.07) is 0. The summed E-state index contributed by atoms with van der Waals surface area (Å²) in [5.41, 5.74) is 0. The predicted octanol–water partition coefficient (Wildman–Crippen LogP) is 2.97. The monoisotopic (exact) mass is 174 g/mol. The third kappa shape index (κ3) is 3.55. The molecule has 2 heteroatoms. The summed E-state index contributed by atoms with van der Waals surface area (Å²) >= 11 is 0. The van der Waals surface area contributed by atoms with Crippen LogP contribution in [-0.4, -0.2) is 19.5 Å². The van der Waals surface area contributed by atoms with Gasteiger partial charge in [-0.15, -0.1) is 0 Å². The van der Waals surface area contributed by atoms with Gasteiger partial charge < -0.3 is 9.47 Å². The summed E-state index contributed by atoms with van der Waals surface area (Å²) in [7, 11) is 1.74. The van der Waals surface area contributed by atoms with Crippen molar-refractivity contribution in [3.63, 3.8) is 0 Å². The zero-order valence-electron chi connectivity index (χ0n) is 8.85. The van der Waals surface area contributed by atoms with Gasteiger partial charge >= 0.3 is 0 Å². The molecule has 0 bridgehead atoms. The Morgan fingerprint density at radius 1 is 1.00 bits per heavy atom. The second-order valence-corrected chi connectivity index (χ2v) is 3.05. The highest BCUT2D eigenvalue weighted by atomic mass is 16.7. The van der Waals surface area contributed by atoms with E-state index in [0.717, 1.165) is 32.3 Å². The molecule has 0 aliphatic rings. The van der Waals surface area contributed by atoms with Crippen molar-refractivity contribution in [1.82, 2.24) is 0 Å². The summed E-state index contributed by atoms with van der Waals surface area (Å²) < 4.78 is 11.1. The Labute approximate surface area is 76.3 Å². The molecule has 0 rings (SSSR count).